The molecule has 0 heterocycles. The molecule has 0 unspecified atom stereocenters. The zero-order valence-electron chi connectivity index (χ0n) is 8.86. The standard InChI is InChI=1S/C11H14N2O2/c1-13(2)10(14)7-8-5-3-4-6-9(8)11(12)15/h3-6H,7H2,1-2H3,(H2,12,15). The van der Waals surface area contributed by atoms with E-state index in [1.165, 1.54) is 4.90 Å². The fourth-order valence-corrected chi connectivity index (χ4v) is 1.24. The fourth-order valence-electron chi connectivity index (χ4n) is 1.24. The summed E-state index contributed by atoms with van der Waals surface area (Å²) in [7, 11) is 3.35. The Bertz CT molecular complexity index is 386. The van der Waals surface area contributed by atoms with Crippen molar-refractivity contribution in [2.45, 2.75) is 6.42 Å². The molecule has 0 fully saturated rings. The number of benzene rings is 1. The van der Waals surface area contributed by atoms with E-state index in [-0.39, 0.29) is 12.3 Å². The molecule has 1 aromatic carbocycles. The molecule has 0 aliphatic carbocycles. The molecule has 0 aromatic heterocycles. The minimum atomic E-state index is -0.503. The smallest absolute Gasteiger partial charge is 0.248 e. The van der Waals surface area contributed by atoms with E-state index in [1.807, 2.05) is 0 Å². The molecular formula is C11H14N2O2. The van der Waals surface area contributed by atoms with Gasteiger partial charge in [0.1, 0.15) is 0 Å². The Labute approximate surface area is 88.7 Å². The number of primary amides is 1. The van der Waals surface area contributed by atoms with Gasteiger partial charge < -0.3 is 10.6 Å². The zero-order valence-corrected chi connectivity index (χ0v) is 8.86. The molecule has 0 spiro atoms. The Morgan fingerprint density at radius 3 is 2.40 bits per heavy atom. The van der Waals surface area contributed by atoms with E-state index in [2.05, 4.69) is 0 Å². The summed E-state index contributed by atoms with van der Waals surface area (Å²) in [5.74, 6) is -0.555. The summed E-state index contributed by atoms with van der Waals surface area (Å²) in [4.78, 5) is 24.0. The topological polar surface area (TPSA) is 63.4 Å². The molecule has 0 saturated carbocycles. The quantitative estimate of drug-likeness (QED) is 0.778. The van der Waals surface area contributed by atoms with Gasteiger partial charge in [-0.1, -0.05) is 18.2 Å². The van der Waals surface area contributed by atoms with Gasteiger partial charge in [0.15, 0.2) is 0 Å². The maximum absolute atomic E-state index is 11.5. The second kappa shape index (κ2) is 4.59. The van der Waals surface area contributed by atoms with Crippen LogP contribution in [-0.2, 0) is 11.2 Å². The number of hydrogen-bond acceptors (Lipinski definition) is 2. The SMILES string of the molecule is CN(C)C(=O)Cc1ccccc1C(N)=O. The van der Waals surface area contributed by atoms with Crippen LogP contribution in [-0.4, -0.2) is 30.8 Å². The van der Waals surface area contributed by atoms with Crippen molar-refractivity contribution in [2.24, 2.45) is 5.73 Å². The minimum Gasteiger partial charge on any atom is -0.366 e. The van der Waals surface area contributed by atoms with E-state index in [1.54, 1.807) is 38.4 Å². The van der Waals surface area contributed by atoms with Gasteiger partial charge in [0.2, 0.25) is 11.8 Å². The molecule has 0 aliphatic heterocycles. The predicted octanol–water partition coefficient (Wildman–Crippen LogP) is 0.416. The number of amides is 2. The van der Waals surface area contributed by atoms with Crippen molar-refractivity contribution in [1.29, 1.82) is 0 Å². The van der Waals surface area contributed by atoms with E-state index in [0.717, 1.165) is 0 Å². The van der Waals surface area contributed by atoms with Crippen LogP contribution in [0.3, 0.4) is 0 Å². The maximum atomic E-state index is 11.5. The summed E-state index contributed by atoms with van der Waals surface area (Å²) < 4.78 is 0. The second-order valence-electron chi connectivity index (χ2n) is 3.49. The number of likely N-dealkylation sites (N-methyl/N-ethyl adjacent to an activating group) is 1. The number of nitrogens with two attached hydrogens (primary N) is 1. The van der Waals surface area contributed by atoms with Crippen molar-refractivity contribution >= 4 is 11.8 Å². The molecule has 1 aromatic rings. The van der Waals surface area contributed by atoms with E-state index in [9.17, 15) is 9.59 Å². The van der Waals surface area contributed by atoms with Crippen LogP contribution in [0.15, 0.2) is 24.3 Å². The Morgan fingerprint density at radius 1 is 1.27 bits per heavy atom. The Balaban J connectivity index is 2.94. The summed E-state index contributed by atoms with van der Waals surface area (Å²) in [5, 5.41) is 0. The van der Waals surface area contributed by atoms with Crippen LogP contribution in [0.1, 0.15) is 15.9 Å². The molecule has 0 bridgehead atoms. The molecular weight excluding hydrogens is 192 g/mol. The Hall–Kier alpha value is -1.84. The molecule has 2 amide bonds. The first kappa shape index (κ1) is 11.2. The molecule has 0 saturated heterocycles. The van der Waals surface area contributed by atoms with Crippen molar-refractivity contribution in [3.63, 3.8) is 0 Å². The highest BCUT2D eigenvalue weighted by atomic mass is 16.2. The zero-order chi connectivity index (χ0) is 11.4. The Morgan fingerprint density at radius 2 is 1.87 bits per heavy atom. The summed E-state index contributed by atoms with van der Waals surface area (Å²) in [6.45, 7) is 0. The summed E-state index contributed by atoms with van der Waals surface area (Å²) >= 11 is 0. The van der Waals surface area contributed by atoms with Crippen LogP contribution in [0.5, 0.6) is 0 Å². The van der Waals surface area contributed by atoms with E-state index in [4.69, 9.17) is 5.73 Å². The normalized spacial score (nSPS) is 9.73. The summed E-state index contributed by atoms with van der Waals surface area (Å²) in [5.41, 5.74) is 6.28. The van der Waals surface area contributed by atoms with Gasteiger partial charge in [-0.2, -0.15) is 0 Å². The minimum absolute atomic E-state index is 0.0521. The second-order valence-corrected chi connectivity index (χ2v) is 3.49. The lowest BCUT2D eigenvalue weighted by Gasteiger charge is -2.11. The van der Waals surface area contributed by atoms with Crippen LogP contribution in [0.2, 0.25) is 0 Å². The highest BCUT2D eigenvalue weighted by Crippen LogP contribution is 2.09. The summed E-state index contributed by atoms with van der Waals surface area (Å²) in [6, 6.07) is 6.87. The van der Waals surface area contributed by atoms with Crippen molar-refractivity contribution in [1.82, 2.24) is 4.90 Å². The fraction of sp³-hybridized carbons (Fsp3) is 0.273. The van der Waals surface area contributed by atoms with Gasteiger partial charge in [0.05, 0.1) is 6.42 Å². The average Bonchev–Trinajstić information content (AvgIpc) is 2.18. The third-order valence-electron chi connectivity index (χ3n) is 2.12. The van der Waals surface area contributed by atoms with Gasteiger partial charge in [-0.15, -0.1) is 0 Å². The van der Waals surface area contributed by atoms with E-state index >= 15 is 0 Å². The third-order valence-corrected chi connectivity index (χ3v) is 2.12. The van der Waals surface area contributed by atoms with Crippen molar-refractivity contribution in [3.05, 3.63) is 35.4 Å². The Kier molecular flexibility index (Phi) is 3.44. The van der Waals surface area contributed by atoms with Gasteiger partial charge in [-0.3, -0.25) is 9.59 Å². The number of carbonyl (C=O) groups excluding carboxylic acids is 2. The van der Waals surface area contributed by atoms with E-state index in [0.29, 0.717) is 11.1 Å². The van der Waals surface area contributed by atoms with Crippen LogP contribution < -0.4 is 5.73 Å². The molecule has 0 aliphatic rings. The molecule has 80 valence electrons. The first-order valence-electron chi connectivity index (χ1n) is 4.60. The lowest BCUT2D eigenvalue weighted by Crippen LogP contribution is -2.25. The van der Waals surface area contributed by atoms with Crippen LogP contribution in [0.4, 0.5) is 0 Å². The molecule has 0 radical (unpaired) electrons. The van der Waals surface area contributed by atoms with E-state index < -0.39 is 5.91 Å². The van der Waals surface area contributed by atoms with Gasteiger partial charge in [-0.05, 0) is 11.6 Å². The largest absolute Gasteiger partial charge is 0.366 e. The molecule has 15 heavy (non-hydrogen) atoms. The summed E-state index contributed by atoms with van der Waals surface area (Å²) in [6.07, 6.45) is 0.201. The maximum Gasteiger partial charge on any atom is 0.248 e. The van der Waals surface area contributed by atoms with Gasteiger partial charge in [0.25, 0.3) is 0 Å². The average molecular weight is 206 g/mol. The van der Waals surface area contributed by atoms with Gasteiger partial charge in [-0.25, -0.2) is 0 Å². The number of hydrogen-bond donors (Lipinski definition) is 1. The lowest BCUT2D eigenvalue weighted by atomic mass is 10.0. The molecule has 2 N–H and O–H groups in total. The highest BCUT2D eigenvalue weighted by molar-refractivity contribution is 5.95. The number of nitrogens with zero attached hydrogens (tertiary/aromatic N) is 1. The molecule has 0 atom stereocenters. The monoisotopic (exact) mass is 206 g/mol. The highest BCUT2D eigenvalue weighted by Gasteiger charge is 2.11. The third kappa shape index (κ3) is 2.80. The predicted molar refractivity (Wildman–Crippen MR) is 57.4 cm³/mol. The lowest BCUT2D eigenvalue weighted by molar-refractivity contribution is -0.127. The molecule has 1 rings (SSSR count). The van der Waals surface area contributed by atoms with Crippen molar-refractivity contribution in [3.8, 4) is 0 Å². The molecule has 4 heteroatoms. The van der Waals surface area contributed by atoms with Crippen LogP contribution in [0.25, 0.3) is 0 Å². The van der Waals surface area contributed by atoms with Crippen molar-refractivity contribution in [2.75, 3.05) is 14.1 Å². The number of carbonyl (C=O) groups is 2. The van der Waals surface area contributed by atoms with Crippen molar-refractivity contribution < 1.29 is 9.59 Å². The number of rotatable bonds is 3. The van der Waals surface area contributed by atoms with Gasteiger partial charge in [0, 0.05) is 19.7 Å². The first-order valence-corrected chi connectivity index (χ1v) is 4.60. The van der Waals surface area contributed by atoms with Crippen LogP contribution >= 0.6 is 0 Å². The molecule has 4 nitrogen and oxygen atoms in total. The van der Waals surface area contributed by atoms with Gasteiger partial charge >= 0.3 is 0 Å². The van der Waals surface area contributed by atoms with Crippen LogP contribution in [0, 0.1) is 0 Å². The first-order chi connectivity index (χ1) is 7.02.